The highest BCUT2D eigenvalue weighted by atomic mass is 15.3. The Morgan fingerprint density at radius 3 is 2.34 bits per heavy atom. The number of pyridine rings is 1. The highest BCUT2D eigenvalue weighted by Gasteiger charge is 2.38. The van der Waals surface area contributed by atoms with Crippen LogP contribution in [-0.2, 0) is 5.41 Å². The fraction of sp³-hybridized carbons (Fsp3) is 0.125. The smallest absolute Gasteiger partial charge is 0.142 e. The van der Waals surface area contributed by atoms with Crippen molar-refractivity contribution in [3.8, 4) is 11.1 Å². The van der Waals surface area contributed by atoms with Gasteiger partial charge in [0.25, 0.3) is 0 Å². The Bertz CT molecular complexity index is 1350. The Morgan fingerprint density at radius 1 is 1.00 bits per heavy atom. The third kappa shape index (κ3) is 4.33. The molecule has 2 heterocycles. The van der Waals surface area contributed by atoms with Gasteiger partial charge in [0, 0.05) is 17.2 Å². The summed E-state index contributed by atoms with van der Waals surface area (Å²) in [7, 11) is 0. The molecule has 0 bridgehead atoms. The summed E-state index contributed by atoms with van der Waals surface area (Å²) in [6, 6.07) is 21.1. The van der Waals surface area contributed by atoms with Gasteiger partial charge in [-0.3, -0.25) is 4.90 Å². The molecule has 174 valence electrons. The van der Waals surface area contributed by atoms with Crippen LogP contribution in [0, 0.1) is 0 Å². The molecule has 3 aromatic rings. The van der Waals surface area contributed by atoms with Crippen LogP contribution in [0.25, 0.3) is 16.7 Å². The van der Waals surface area contributed by atoms with Gasteiger partial charge in [-0.1, -0.05) is 93.8 Å². The molecular formula is C32H31N3. The molecule has 0 spiro atoms. The van der Waals surface area contributed by atoms with Gasteiger partial charge < -0.3 is 0 Å². The lowest BCUT2D eigenvalue weighted by atomic mass is 9.73. The lowest BCUT2D eigenvalue weighted by molar-refractivity contribution is 0.616. The normalized spacial score (nSPS) is 15.2. The van der Waals surface area contributed by atoms with E-state index >= 15 is 0 Å². The lowest BCUT2D eigenvalue weighted by Gasteiger charge is -2.41. The van der Waals surface area contributed by atoms with Gasteiger partial charge >= 0.3 is 0 Å². The molecule has 0 unspecified atom stereocenters. The highest BCUT2D eigenvalue weighted by molar-refractivity contribution is 5.81. The molecule has 2 aromatic carbocycles. The molecule has 0 saturated carbocycles. The zero-order chi connectivity index (χ0) is 25.0. The van der Waals surface area contributed by atoms with Crippen LogP contribution in [0.15, 0.2) is 127 Å². The number of aliphatic imine (C=N–C) groups is 1. The van der Waals surface area contributed by atoms with Crippen LogP contribution in [-0.4, -0.2) is 11.7 Å². The largest absolute Gasteiger partial charge is 0.278 e. The summed E-state index contributed by atoms with van der Waals surface area (Å²) in [4.78, 5) is 11.1. The molecule has 35 heavy (non-hydrogen) atoms. The number of nitrogens with zero attached hydrogens (tertiary/aromatic N) is 3. The molecule has 3 nitrogen and oxygen atoms in total. The summed E-state index contributed by atoms with van der Waals surface area (Å²) in [5.41, 5.74) is 7.56. The summed E-state index contributed by atoms with van der Waals surface area (Å²) in [5.74, 6) is 1.56. The van der Waals surface area contributed by atoms with Crippen LogP contribution in [0.5, 0.6) is 0 Å². The summed E-state index contributed by atoms with van der Waals surface area (Å²) in [6.07, 6.45) is 11.7. The third-order valence-electron chi connectivity index (χ3n) is 6.46. The van der Waals surface area contributed by atoms with Gasteiger partial charge in [0.15, 0.2) is 0 Å². The third-order valence-corrected chi connectivity index (χ3v) is 6.46. The average Bonchev–Trinajstić information content (AvgIpc) is 2.88. The van der Waals surface area contributed by atoms with E-state index in [4.69, 9.17) is 0 Å². The fourth-order valence-electron chi connectivity index (χ4n) is 4.70. The number of allylic oxidation sites excluding steroid dienone is 7. The maximum atomic E-state index is 4.60. The number of anilines is 2. The van der Waals surface area contributed by atoms with E-state index in [1.165, 1.54) is 5.56 Å². The van der Waals surface area contributed by atoms with Crippen molar-refractivity contribution < 1.29 is 0 Å². The average molecular weight is 458 g/mol. The van der Waals surface area contributed by atoms with E-state index in [-0.39, 0.29) is 5.41 Å². The van der Waals surface area contributed by atoms with Crippen molar-refractivity contribution in [1.82, 2.24) is 4.98 Å². The number of aromatic nitrogens is 1. The van der Waals surface area contributed by atoms with Gasteiger partial charge in [-0.2, -0.15) is 0 Å². The Labute approximate surface area is 208 Å². The summed E-state index contributed by atoms with van der Waals surface area (Å²) in [6.45, 7) is 18.3. The topological polar surface area (TPSA) is 28.5 Å². The van der Waals surface area contributed by atoms with Gasteiger partial charge in [-0.25, -0.2) is 9.98 Å². The van der Waals surface area contributed by atoms with Gasteiger partial charge in [0.05, 0.1) is 5.69 Å². The predicted molar refractivity (Wildman–Crippen MR) is 151 cm³/mol. The zero-order valence-corrected chi connectivity index (χ0v) is 20.7. The van der Waals surface area contributed by atoms with E-state index in [0.29, 0.717) is 0 Å². The van der Waals surface area contributed by atoms with E-state index in [1.54, 1.807) is 6.20 Å². The van der Waals surface area contributed by atoms with Crippen molar-refractivity contribution in [2.24, 2.45) is 4.99 Å². The van der Waals surface area contributed by atoms with Crippen LogP contribution in [0.1, 0.15) is 31.9 Å². The SMILES string of the molecule is C=C/C=C(\C=C/C)c1ccc(-c2ccc3c(c2)C(C)(C)C(C=C)=C(N=C)N3c2ccccn2)cc1. The standard InChI is InChI=1S/C32H31N3/c1-7-12-23(13-8-2)24-15-17-25(18-16-24)26-19-20-29-28(22-26)32(4,5)27(9-3)31(33-6)35(29)30-14-10-11-21-34-30/h7-22H,1,3,6H2,2,4-5H3/b13-8-,23-12+. The molecule has 3 heteroatoms. The van der Waals surface area contributed by atoms with Crippen LogP contribution in [0.4, 0.5) is 11.5 Å². The monoisotopic (exact) mass is 457 g/mol. The first-order chi connectivity index (χ1) is 17.0. The van der Waals surface area contributed by atoms with Crippen LogP contribution >= 0.6 is 0 Å². The maximum Gasteiger partial charge on any atom is 0.142 e. The van der Waals surface area contributed by atoms with Crippen molar-refractivity contribution in [2.75, 3.05) is 4.90 Å². The minimum atomic E-state index is -0.305. The van der Waals surface area contributed by atoms with Gasteiger partial charge in [-0.05, 0) is 65.7 Å². The molecule has 0 aliphatic carbocycles. The Balaban J connectivity index is 1.85. The number of hydrogen-bond donors (Lipinski definition) is 0. The summed E-state index contributed by atoms with van der Waals surface area (Å²) in [5, 5.41) is 0. The molecule has 0 amide bonds. The second-order valence-electron chi connectivity index (χ2n) is 8.91. The van der Waals surface area contributed by atoms with Crippen LogP contribution in [0.3, 0.4) is 0 Å². The minimum Gasteiger partial charge on any atom is -0.278 e. The molecule has 1 aliphatic heterocycles. The molecule has 1 aliphatic rings. The van der Waals surface area contributed by atoms with E-state index in [1.807, 2.05) is 49.4 Å². The molecule has 0 fully saturated rings. The number of rotatable bonds is 7. The summed E-state index contributed by atoms with van der Waals surface area (Å²) >= 11 is 0. The minimum absolute atomic E-state index is 0.305. The van der Waals surface area contributed by atoms with Crippen LogP contribution in [0.2, 0.25) is 0 Å². The van der Waals surface area contributed by atoms with Gasteiger partial charge in [-0.15, -0.1) is 0 Å². The Hall–Kier alpha value is -4.24. The van der Waals surface area contributed by atoms with Gasteiger partial charge in [0.2, 0.25) is 0 Å². The molecular weight excluding hydrogens is 426 g/mol. The van der Waals surface area contributed by atoms with Crippen molar-refractivity contribution >= 4 is 23.8 Å². The first-order valence-corrected chi connectivity index (χ1v) is 11.7. The lowest BCUT2D eigenvalue weighted by Crippen LogP contribution is -2.33. The van der Waals surface area contributed by atoms with Crippen molar-refractivity contribution in [3.63, 3.8) is 0 Å². The van der Waals surface area contributed by atoms with Gasteiger partial charge in [0.1, 0.15) is 11.6 Å². The van der Waals surface area contributed by atoms with Crippen molar-refractivity contribution in [1.29, 1.82) is 0 Å². The predicted octanol–water partition coefficient (Wildman–Crippen LogP) is 8.42. The second kappa shape index (κ2) is 9.94. The summed E-state index contributed by atoms with van der Waals surface area (Å²) < 4.78 is 0. The molecule has 1 aromatic heterocycles. The highest BCUT2D eigenvalue weighted by Crippen LogP contribution is 2.49. The van der Waals surface area contributed by atoms with E-state index in [9.17, 15) is 0 Å². The quantitative estimate of drug-likeness (QED) is 0.263. The number of benzene rings is 2. The zero-order valence-electron chi connectivity index (χ0n) is 20.7. The van der Waals surface area contributed by atoms with E-state index in [0.717, 1.165) is 45.2 Å². The Morgan fingerprint density at radius 2 is 1.74 bits per heavy atom. The Kier molecular flexibility index (Phi) is 6.79. The fourth-order valence-corrected chi connectivity index (χ4v) is 4.70. The first-order valence-electron chi connectivity index (χ1n) is 11.7. The molecule has 0 radical (unpaired) electrons. The number of fused-ring (bicyclic) bond motifs is 1. The molecule has 4 rings (SSSR count). The molecule has 0 N–H and O–H groups in total. The second-order valence-corrected chi connectivity index (χ2v) is 8.91. The molecule has 0 saturated heterocycles. The maximum absolute atomic E-state index is 4.60. The van der Waals surface area contributed by atoms with E-state index in [2.05, 4.69) is 97.1 Å². The number of hydrogen-bond acceptors (Lipinski definition) is 3. The van der Waals surface area contributed by atoms with Crippen molar-refractivity contribution in [2.45, 2.75) is 26.2 Å². The van der Waals surface area contributed by atoms with E-state index < -0.39 is 0 Å². The molecule has 0 atom stereocenters. The first kappa shape index (κ1) is 23.9. The van der Waals surface area contributed by atoms with Crippen LogP contribution < -0.4 is 4.90 Å². The van der Waals surface area contributed by atoms with Crippen molar-refractivity contribution in [3.05, 3.63) is 133 Å².